The zero-order valence-electron chi connectivity index (χ0n) is 17.4. The molecule has 1 amide bonds. The molecule has 0 unspecified atom stereocenters. The van der Waals surface area contributed by atoms with Gasteiger partial charge in [0.15, 0.2) is 0 Å². The molecule has 0 bridgehead atoms. The highest BCUT2D eigenvalue weighted by atomic mass is 19.1. The molecule has 0 spiro atoms. The van der Waals surface area contributed by atoms with Gasteiger partial charge in [-0.15, -0.1) is 0 Å². The average molecular weight is 411 g/mol. The van der Waals surface area contributed by atoms with Crippen LogP contribution in [0.1, 0.15) is 24.8 Å². The van der Waals surface area contributed by atoms with Crippen LogP contribution in [0.5, 0.6) is 5.75 Å². The standard InChI is InChI=1S/C25H31FN2O2/c26-21-9-7-19(8-10-21)11-13-27-25(29)23-17-20-12-15-28(18-24(20)23)14-4-16-30-22-5-2-1-3-6-22/h1-3,5-10,20,23-24H,4,11-18H2,(H,27,29)/t20-,23-,24-/m1/s1. The number of rotatable bonds is 9. The number of benzene rings is 2. The summed E-state index contributed by atoms with van der Waals surface area (Å²) in [6.45, 7) is 4.51. The van der Waals surface area contributed by atoms with Crippen molar-refractivity contribution in [3.05, 3.63) is 66.0 Å². The van der Waals surface area contributed by atoms with Crippen molar-refractivity contribution >= 4 is 5.91 Å². The maximum absolute atomic E-state index is 13.0. The second-order valence-electron chi connectivity index (χ2n) is 8.54. The number of carbonyl (C=O) groups is 1. The highest BCUT2D eigenvalue weighted by Crippen LogP contribution is 2.45. The molecule has 3 atom stereocenters. The topological polar surface area (TPSA) is 41.6 Å². The van der Waals surface area contributed by atoms with E-state index in [-0.39, 0.29) is 17.6 Å². The Bertz CT molecular complexity index is 812. The molecule has 1 aliphatic carbocycles. The largest absolute Gasteiger partial charge is 0.494 e. The van der Waals surface area contributed by atoms with E-state index in [1.54, 1.807) is 12.1 Å². The number of nitrogens with one attached hydrogen (secondary N) is 1. The molecule has 0 aromatic heterocycles. The summed E-state index contributed by atoms with van der Waals surface area (Å²) < 4.78 is 18.8. The second-order valence-corrected chi connectivity index (χ2v) is 8.54. The molecule has 4 nitrogen and oxygen atoms in total. The summed E-state index contributed by atoms with van der Waals surface area (Å²) in [6.07, 6.45) is 3.96. The van der Waals surface area contributed by atoms with Crippen LogP contribution in [0.3, 0.4) is 0 Å². The molecule has 0 radical (unpaired) electrons. The molecule has 2 aromatic rings. The van der Waals surface area contributed by atoms with Gasteiger partial charge in [0.1, 0.15) is 11.6 Å². The normalized spacial score (nSPS) is 23.3. The van der Waals surface area contributed by atoms with E-state index in [1.165, 1.54) is 18.6 Å². The number of fused-ring (bicyclic) bond motifs is 1. The number of hydrogen-bond acceptors (Lipinski definition) is 3. The van der Waals surface area contributed by atoms with Crippen LogP contribution >= 0.6 is 0 Å². The first-order chi connectivity index (χ1) is 14.7. The zero-order chi connectivity index (χ0) is 20.8. The van der Waals surface area contributed by atoms with Crippen molar-refractivity contribution < 1.29 is 13.9 Å². The van der Waals surface area contributed by atoms with Gasteiger partial charge >= 0.3 is 0 Å². The predicted molar refractivity (Wildman–Crippen MR) is 116 cm³/mol. The van der Waals surface area contributed by atoms with Crippen molar-refractivity contribution in [2.75, 3.05) is 32.8 Å². The van der Waals surface area contributed by atoms with Crippen LogP contribution in [-0.2, 0) is 11.2 Å². The van der Waals surface area contributed by atoms with Gasteiger partial charge in [0.05, 0.1) is 6.61 Å². The predicted octanol–water partition coefficient (Wildman–Crippen LogP) is 3.91. The molecule has 4 rings (SSSR count). The summed E-state index contributed by atoms with van der Waals surface area (Å²) in [6, 6.07) is 16.4. The first-order valence-corrected chi connectivity index (χ1v) is 11.1. The average Bonchev–Trinajstić information content (AvgIpc) is 2.75. The van der Waals surface area contributed by atoms with E-state index >= 15 is 0 Å². The van der Waals surface area contributed by atoms with Gasteiger partial charge in [-0.25, -0.2) is 4.39 Å². The van der Waals surface area contributed by atoms with Gasteiger partial charge in [-0.05, 0) is 73.9 Å². The molecule has 1 N–H and O–H groups in total. The van der Waals surface area contributed by atoms with Crippen molar-refractivity contribution in [1.82, 2.24) is 10.2 Å². The Morgan fingerprint density at radius 2 is 1.93 bits per heavy atom. The first-order valence-electron chi connectivity index (χ1n) is 11.1. The molecule has 1 saturated heterocycles. The summed E-state index contributed by atoms with van der Waals surface area (Å²) in [5, 5.41) is 3.09. The monoisotopic (exact) mass is 410 g/mol. The van der Waals surface area contributed by atoms with Crippen LogP contribution in [0.4, 0.5) is 4.39 Å². The molecule has 1 heterocycles. The van der Waals surface area contributed by atoms with Crippen LogP contribution in [0.25, 0.3) is 0 Å². The van der Waals surface area contributed by atoms with Crippen molar-refractivity contribution in [3.8, 4) is 5.75 Å². The summed E-state index contributed by atoms with van der Waals surface area (Å²) >= 11 is 0. The van der Waals surface area contributed by atoms with Gasteiger partial charge in [0, 0.05) is 25.6 Å². The smallest absolute Gasteiger partial charge is 0.223 e. The van der Waals surface area contributed by atoms with E-state index in [0.29, 0.717) is 18.4 Å². The lowest BCUT2D eigenvalue weighted by Crippen LogP contribution is -2.55. The molecule has 160 valence electrons. The summed E-state index contributed by atoms with van der Waals surface area (Å²) in [7, 11) is 0. The lowest BCUT2D eigenvalue weighted by molar-refractivity contribution is -0.136. The summed E-state index contributed by atoms with van der Waals surface area (Å²) in [4.78, 5) is 15.1. The van der Waals surface area contributed by atoms with E-state index in [1.807, 2.05) is 30.3 Å². The van der Waals surface area contributed by atoms with E-state index in [0.717, 1.165) is 56.8 Å². The van der Waals surface area contributed by atoms with Crippen LogP contribution in [-0.4, -0.2) is 43.6 Å². The summed E-state index contributed by atoms with van der Waals surface area (Å²) in [5.41, 5.74) is 1.05. The lowest BCUT2D eigenvalue weighted by atomic mass is 9.61. The van der Waals surface area contributed by atoms with Gasteiger partial charge in [-0.3, -0.25) is 4.79 Å². The molecule has 5 heteroatoms. The number of ether oxygens (including phenoxy) is 1. The number of amides is 1. The number of para-hydroxylation sites is 1. The minimum atomic E-state index is -0.225. The lowest BCUT2D eigenvalue weighted by Gasteiger charge is -2.50. The number of halogens is 1. The van der Waals surface area contributed by atoms with Crippen molar-refractivity contribution in [2.24, 2.45) is 17.8 Å². The molecular formula is C25H31FN2O2. The van der Waals surface area contributed by atoms with Crippen LogP contribution in [0.2, 0.25) is 0 Å². The van der Waals surface area contributed by atoms with Gasteiger partial charge in [-0.2, -0.15) is 0 Å². The second kappa shape index (κ2) is 10.1. The first kappa shape index (κ1) is 20.9. The highest BCUT2D eigenvalue weighted by Gasteiger charge is 2.47. The maximum Gasteiger partial charge on any atom is 0.223 e. The van der Waals surface area contributed by atoms with E-state index in [4.69, 9.17) is 4.74 Å². The Balaban J connectivity index is 1.15. The van der Waals surface area contributed by atoms with Gasteiger partial charge in [-0.1, -0.05) is 30.3 Å². The Kier molecular flexibility index (Phi) is 7.00. The van der Waals surface area contributed by atoms with Crippen molar-refractivity contribution in [2.45, 2.75) is 25.7 Å². The molecule has 2 aliphatic rings. The minimum Gasteiger partial charge on any atom is -0.494 e. The van der Waals surface area contributed by atoms with E-state index in [9.17, 15) is 9.18 Å². The minimum absolute atomic E-state index is 0.145. The van der Waals surface area contributed by atoms with Crippen LogP contribution < -0.4 is 10.1 Å². The summed E-state index contributed by atoms with van der Waals surface area (Å²) in [5.74, 6) is 2.22. The fraction of sp³-hybridized carbons (Fsp3) is 0.480. The fourth-order valence-electron chi connectivity index (χ4n) is 4.77. The Morgan fingerprint density at radius 1 is 1.13 bits per heavy atom. The zero-order valence-corrected chi connectivity index (χ0v) is 17.4. The molecular weight excluding hydrogens is 379 g/mol. The van der Waals surface area contributed by atoms with Gasteiger partial charge < -0.3 is 15.0 Å². The van der Waals surface area contributed by atoms with Gasteiger partial charge in [0.2, 0.25) is 5.91 Å². The van der Waals surface area contributed by atoms with E-state index < -0.39 is 0 Å². The van der Waals surface area contributed by atoms with Crippen LogP contribution in [0.15, 0.2) is 54.6 Å². The Morgan fingerprint density at radius 3 is 2.73 bits per heavy atom. The molecule has 2 fully saturated rings. The number of likely N-dealkylation sites (tertiary alicyclic amines) is 1. The molecule has 1 saturated carbocycles. The molecule has 30 heavy (non-hydrogen) atoms. The van der Waals surface area contributed by atoms with E-state index in [2.05, 4.69) is 10.2 Å². The third kappa shape index (κ3) is 5.39. The fourth-order valence-corrected chi connectivity index (χ4v) is 4.77. The number of nitrogens with zero attached hydrogens (tertiary/aromatic N) is 1. The number of piperidine rings is 1. The highest BCUT2D eigenvalue weighted by molar-refractivity contribution is 5.80. The number of carbonyl (C=O) groups excluding carboxylic acids is 1. The third-order valence-electron chi connectivity index (χ3n) is 6.56. The van der Waals surface area contributed by atoms with Crippen molar-refractivity contribution in [3.63, 3.8) is 0 Å². The molecule has 1 aliphatic heterocycles. The SMILES string of the molecule is O=C(NCCc1ccc(F)cc1)[C@@H]1C[C@H]2CCN(CCCOc3ccccc3)C[C@H]21. The van der Waals surface area contributed by atoms with Gasteiger partial charge in [0.25, 0.3) is 0 Å². The Hall–Kier alpha value is -2.40. The quantitative estimate of drug-likeness (QED) is 0.638. The number of hydrogen-bond donors (Lipinski definition) is 1. The van der Waals surface area contributed by atoms with Crippen molar-refractivity contribution in [1.29, 1.82) is 0 Å². The molecule has 2 aromatic carbocycles. The maximum atomic E-state index is 13.0. The third-order valence-corrected chi connectivity index (χ3v) is 6.56. The Labute approximate surface area is 178 Å². The van der Waals surface area contributed by atoms with Crippen LogP contribution in [0, 0.1) is 23.6 Å².